The first-order chi connectivity index (χ1) is 10.1. The molecule has 1 atom stereocenters. The minimum Gasteiger partial charge on any atom is -0.480 e. The van der Waals surface area contributed by atoms with Gasteiger partial charge in [-0.1, -0.05) is 12.8 Å². The Hall–Kier alpha value is -1.56. The molecule has 3 rings (SSSR count). The Morgan fingerprint density at radius 3 is 2.76 bits per heavy atom. The lowest BCUT2D eigenvalue weighted by Crippen LogP contribution is -2.56. The van der Waals surface area contributed by atoms with Crippen molar-refractivity contribution >= 4 is 23.3 Å². The van der Waals surface area contributed by atoms with Crippen LogP contribution in [0.2, 0.25) is 0 Å². The van der Waals surface area contributed by atoms with Gasteiger partial charge >= 0.3 is 12.0 Å². The van der Waals surface area contributed by atoms with Crippen molar-refractivity contribution in [2.75, 3.05) is 0 Å². The van der Waals surface area contributed by atoms with Crippen LogP contribution in [0, 0.1) is 0 Å². The third-order valence-corrected chi connectivity index (χ3v) is 5.57. The molecule has 2 amide bonds. The molecule has 3 N–H and O–H groups in total. The molecule has 114 valence electrons. The minimum absolute atomic E-state index is 0.00671. The molecule has 2 aliphatic rings. The van der Waals surface area contributed by atoms with Crippen LogP contribution in [-0.2, 0) is 11.2 Å². The van der Waals surface area contributed by atoms with Gasteiger partial charge in [0.1, 0.15) is 5.54 Å². The van der Waals surface area contributed by atoms with E-state index in [0.717, 1.165) is 32.1 Å². The van der Waals surface area contributed by atoms with Crippen LogP contribution in [0.5, 0.6) is 0 Å². The molecule has 0 radical (unpaired) electrons. The van der Waals surface area contributed by atoms with Crippen molar-refractivity contribution in [2.45, 2.75) is 56.5 Å². The standard InChI is InChI=1S/C15H20N2O3S/c18-13(19)15(7-1-2-8-15)17-14(20)16-11-4-3-5-12-10(11)6-9-21-12/h6,9,11H,1-5,7-8H2,(H,18,19)(H2,16,17,20). The molecule has 0 spiro atoms. The van der Waals surface area contributed by atoms with E-state index in [1.54, 1.807) is 11.3 Å². The maximum absolute atomic E-state index is 12.2. The van der Waals surface area contributed by atoms with Crippen LogP contribution < -0.4 is 10.6 Å². The van der Waals surface area contributed by atoms with Crippen LogP contribution in [0.3, 0.4) is 0 Å². The number of aryl methyl sites for hydroxylation is 1. The molecule has 0 saturated heterocycles. The number of amides is 2. The molecule has 0 aromatic carbocycles. The summed E-state index contributed by atoms with van der Waals surface area (Å²) in [6.07, 6.45) is 5.79. The number of carbonyl (C=O) groups is 2. The zero-order chi connectivity index (χ0) is 14.9. The number of aliphatic carboxylic acids is 1. The normalized spacial score (nSPS) is 23.3. The summed E-state index contributed by atoms with van der Waals surface area (Å²) < 4.78 is 0. The molecule has 1 aromatic heterocycles. The molecular weight excluding hydrogens is 288 g/mol. The Labute approximate surface area is 127 Å². The summed E-state index contributed by atoms with van der Waals surface area (Å²) in [6.45, 7) is 0. The van der Waals surface area contributed by atoms with E-state index in [9.17, 15) is 14.7 Å². The van der Waals surface area contributed by atoms with Crippen LogP contribution in [-0.4, -0.2) is 22.6 Å². The van der Waals surface area contributed by atoms with Crippen LogP contribution in [0.25, 0.3) is 0 Å². The fraction of sp³-hybridized carbons (Fsp3) is 0.600. The lowest BCUT2D eigenvalue weighted by atomic mass is 9.94. The van der Waals surface area contributed by atoms with E-state index in [0.29, 0.717) is 12.8 Å². The van der Waals surface area contributed by atoms with Crippen molar-refractivity contribution in [3.8, 4) is 0 Å². The number of carboxylic acids is 1. The van der Waals surface area contributed by atoms with Gasteiger partial charge in [-0.3, -0.25) is 0 Å². The first-order valence-corrected chi connectivity index (χ1v) is 8.37. The minimum atomic E-state index is -1.07. The number of rotatable bonds is 3. The summed E-state index contributed by atoms with van der Waals surface area (Å²) in [4.78, 5) is 25.0. The van der Waals surface area contributed by atoms with Crippen LogP contribution in [0.15, 0.2) is 11.4 Å². The van der Waals surface area contributed by atoms with Crippen molar-refractivity contribution in [3.63, 3.8) is 0 Å². The molecule has 1 aromatic rings. The van der Waals surface area contributed by atoms with Gasteiger partial charge in [0.15, 0.2) is 0 Å². The highest BCUT2D eigenvalue weighted by Gasteiger charge is 2.43. The fourth-order valence-corrected chi connectivity index (χ4v) is 4.41. The third-order valence-electron chi connectivity index (χ3n) is 4.58. The number of hydrogen-bond acceptors (Lipinski definition) is 3. The first-order valence-electron chi connectivity index (χ1n) is 7.49. The molecule has 2 aliphatic carbocycles. The number of fused-ring (bicyclic) bond motifs is 1. The van der Waals surface area contributed by atoms with Crippen molar-refractivity contribution in [2.24, 2.45) is 0 Å². The molecule has 5 nitrogen and oxygen atoms in total. The summed E-state index contributed by atoms with van der Waals surface area (Å²) in [5.74, 6) is -0.921. The van der Waals surface area contributed by atoms with Gasteiger partial charge in [-0.25, -0.2) is 9.59 Å². The summed E-state index contributed by atoms with van der Waals surface area (Å²) >= 11 is 1.73. The van der Waals surface area contributed by atoms with Crippen molar-refractivity contribution in [1.29, 1.82) is 0 Å². The van der Waals surface area contributed by atoms with Gasteiger partial charge in [0.25, 0.3) is 0 Å². The van der Waals surface area contributed by atoms with Gasteiger partial charge in [-0.15, -0.1) is 11.3 Å². The van der Waals surface area contributed by atoms with E-state index in [-0.39, 0.29) is 12.1 Å². The maximum Gasteiger partial charge on any atom is 0.329 e. The molecule has 0 bridgehead atoms. The third kappa shape index (κ3) is 2.77. The maximum atomic E-state index is 12.2. The van der Waals surface area contributed by atoms with E-state index in [1.807, 2.05) is 0 Å². The Bertz CT molecular complexity index is 549. The quantitative estimate of drug-likeness (QED) is 0.803. The van der Waals surface area contributed by atoms with E-state index >= 15 is 0 Å². The predicted octanol–water partition coefficient (Wildman–Crippen LogP) is 2.82. The number of urea groups is 1. The van der Waals surface area contributed by atoms with Crippen LogP contribution in [0.4, 0.5) is 4.79 Å². The first kappa shape index (κ1) is 14.4. The second kappa shape index (κ2) is 5.67. The highest BCUT2D eigenvalue weighted by atomic mass is 32.1. The van der Waals surface area contributed by atoms with Crippen molar-refractivity contribution in [3.05, 3.63) is 21.9 Å². The fourth-order valence-electron chi connectivity index (χ4n) is 3.42. The number of carboxylic acid groups (broad SMARTS) is 1. The zero-order valence-electron chi connectivity index (χ0n) is 11.9. The topological polar surface area (TPSA) is 78.4 Å². The van der Waals surface area contributed by atoms with E-state index in [4.69, 9.17) is 0 Å². The van der Waals surface area contributed by atoms with Gasteiger partial charge in [0.05, 0.1) is 6.04 Å². The summed E-state index contributed by atoms with van der Waals surface area (Å²) in [5, 5.41) is 17.1. The SMILES string of the molecule is O=C(NC1CCCc2sccc21)NC1(C(=O)O)CCCC1. The van der Waals surface area contributed by atoms with Gasteiger partial charge in [0.2, 0.25) is 0 Å². The molecular formula is C15H20N2O3S. The van der Waals surface area contributed by atoms with Crippen molar-refractivity contribution in [1.82, 2.24) is 10.6 Å². The molecule has 0 aliphatic heterocycles. The van der Waals surface area contributed by atoms with Crippen molar-refractivity contribution < 1.29 is 14.7 Å². The Kier molecular flexibility index (Phi) is 3.89. The highest BCUT2D eigenvalue weighted by Crippen LogP contribution is 2.34. The largest absolute Gasteiger partial charge is 0.480 e. The number of carbonyl (C=O) groups excluding carboxylic acids is 1. The van der Waals surface area contributed by atoms with Gasteiger partial charge < -0.3 is 15.7 Å². The number of thiophene rings is 1. The Morgan fingerprint density at radius 1 is 1.29 bits per heavy atom. The molecule has 1 fully saturated rings. The molecule has 1 unspecified atom stereocenters. The summed E-state index contributed by atoms with van der Waals surface area (Å²) in [6, 6.07) is 1.71. The second-order valence-electron chi connectivity index (χ2n) is 5.94. The molecule has 21 heavy (non-hydrogen) atoms. The lowest BCUT2D eigenvalue weighted by Gasteiger charge is -2.29. The average Bonchev–Trinajstić information content (AvgIpc) is 3.08. The summed E-state index contributed by atoms with van der Waals surface area (Å²) in [7, 11) is 0. The van der Waals surface area contributed by atoms with Crippen LogP contribution in [0.1, 0.15) is 55.0 Å². The van der Waals surface area contributed by atoms with Gasteiger partial charge in [-0.05, 0) is 49.1 Å². The Balaban J connectivity index is 1.66. The monoisotopic (exact) mass is 308 g/mol. The van der Waals surface area contributed by atoms with E-state index in [1.165, 1.54) is 10.4 Å². The van der Waals surface area contributed by atoms with Gasteiger partial charge in [0, 0.05) is 4.88 Å². The number of hydrogen-bond donors (Lipinski definition) is 3. The lowest BCUT2D eigenvalue weighted by molar-refractivity contribution is -0.144. The molecule has 1 saturated carbocycles. The number of nitrogens with one attached hydrogen (secondary N) is 2. The van der Waals surface area contributed by atoms with Gasteiger partial charge in [-0.2, -0.15) is 0 Å². The average molecular weight is 308 g/mol. The zero-order valence-corrected chi connectivity index (χ0v) is 12.7. The summed E-state index contributed by atoms with van der Waals surface area (Å²) in [5.41, 5.74) is 0.119. The Morgan fingerprint density at radius 2 is 2.05 bits per heavy atom. The smallest absolute Gasteiger partial charge is 0.329 e. The molecule has 6 heteroatoms. The van der Waals surface area contributed by atoms with E-state index in [2.05, 4.69) is 22.1 Å². The molecule has 1 heterocycles. The highest BCUT2D eigenvalue weighted by molar-refractivity contribution is 7.10. The van der Waals surface area contributed by atoms with Crippen LogP contribution >= 0.6 is 11.3 Å². The van der Waals surface area contributed by atoms with E-state index < -0.39 is 11.5 Å². The predicted molar refractivity (Wildman–Crippen MR) is 80.5 cm³/mol. The second-order valence-corrected chi connectivity index (χ2v) is 6.94.